The van der Waals surface area contributed by atoms with Crippen molar-refractivity contribution in [3.63, 3.8) is 0 Å². The topological polar surface area (TPSA) is 72.0 Å². The molecule has 21 heavy (non-hydrogen) atoms. The van der Waals surface area contributed by atoms with Gasteiger partial charge in [0.15, 0.2) is 0 Å². The zero-order chi connectivity index (χ0) is 15.0. The minimum absolute atomic E-state index is 0.00367. The highest BCUT2D eigenvalue weighted by molar-refractivity contribution is 5.97. The number of ether oxygens (including phenoxy) is 1. The van der Waals surface area contributed by atoms with Gasteiger partial charge in [0.05, 0.1) is 5.56 Å². The maximum absolute atomic E-state index is 7.74. The van der Waals surface area contributed by atoms with Crippen LogP contribution in [0.2, 0.25) is 0 Å². The van der Waals surface area contributed by atoms with E-state index in [4.69, 9.17) is 15.9 Å². The molecule has 0 amide bonds. The van der Waals surface area contributed by atoms with Crippen LogP contribution in [0.3, 0.4) is 0 Å². The first-order valence-electron chi connectivity index (χ1n) is 7.17. The molecule has 1 aromatic carbocycles. The molecular weight excluding hydrogens is 262 g/mol. The Morgan fingerprint density at radius 2 is 2.00 bits per heavy atom. The number of fused-ring (bicyclic) bond motifs is 1. The third-order valence-corrected chi connectivity index (χ3v) is 4.00. The summed E-state index contributed by atoms with van der Waals surface area (Å²) >= 11 is 0. The van der Waals surface area contributed by atoms with E-state index < -0.39 is 0 Å². The standard InChI is InChI=1S/C17H19N3O/c1-10-6-7-13(8-11(10)2)21-17-14(16(18)19)9-12-4-3-5-15(12)20-17/h6-9H,3-5H2,1-2H3,(H3,18,19). The average molecular weight is 281 g/mol. The van der Waals surface area contributed by atoms with Crippen LogP contribution in [0.15, 0.2) is 24.3 Å². The zero-order valence-corrected chi connectivity index (χ0v) is 12.4. The van der Waals surface area contributed by atoms with Crippen molar-refractivity contribution in [2.45, 2.75) is 33.1 Å². The molecule has 0 radical (unpaired) electrons. The van der Waals surface area contributed by atoms with Crippen molar-refractivity contribution >= 4 is 5.84 Å². The lowest BCUT2D eigenvalue weighted by molar-refractivity contribution is 0.459. The van der Waals surface area contributed by atoms with Gasteiger partial charge in [0.1, 0.15) is 11.6 Å². The minimum atomic E-state index is -0.00367. The van der Waals surface area contributed by atoms with Crippen molar-refractivity contribution in [2.75, 3.05) is 0 Å². The van der Waals surface area contributed by atoms with Crippen molar-refractivity contribution in [1.82, 2.24) is 4.98 Å². The Bertz CT molecular complexity index is 722. The highest BCUT2D eigenvalue weighted by atomic mass is 16.5. The smallest absolute Gasteiger partial charge is 0.230 e. The largest absolute Gasteiger partial charge is 0.438 e. The molecule has 0 atom stereocenters. The van der Waals surface area contributed by atoms with Gasteiger partial charge in [0.25, 0.3) is 0 Å². The molecule has 1 aromatic heterocycles. The van der Waals surface area contributed by atoms with Gasteiger partial charge in [0.2, 0.25) is 5.88 Å². The molecule has 0 saturated heterocycles. The summed E-state index contributed by atoms with van der Waals surface area (Å²) < 4.78 is 5.90. The van der Waals surface area contributed by atoms with Gasteiger partial charge < -0.3 is 10.5 Å². The molecular formula is C17H19N3O. The van der Waals surface area contributed by atoms with Crippen molar-refractivity contribution in [3.8, 4) is 11.6 Å². The predicted molar refractivity (Wildman–Crippen MR) is 83.3 cm³/mol. The highest BCUT2D eigenvalue weighted by Gasteiger charge is 2.19. The molecule has 0 saturated carbocycles. The summed E-state index contributed by atoms with van der Waals surface area (Å²) in [5, 5.41) is 7.74. The van der Waals surface area contributed by atoms with Crippen molar-refractivity contribution in [1.29, 1.82) is 5.41 Å². The van der Waals surface area contributed by atoms with E-state index in [-0.39, 0.29) is 5.84 Å². The second kappa shape index (κ2) is 5.20. The minimum Gasteiger partial charge on any atom is -0.438 e. The van der Waals surface area contributed by atoms with Gasteiger partial charge in [-0.1, -0.05) is 6.07 Å². The Labute approximate surface area is 124 Å². The second-order valence-corrected chi connectivity index (χ2v) is 5.56. The number of benzene rings is 1. The van der Waals surface area contributed by atoms with E-state index in [1.807, 2.05) is 31.2 Å². The Balaban J connectivity index is 2.01. The number of nitrogens with zero attached hydrogens (tertiary/aromatic N) is 1. The Morgan fingerprint density at radius 3 is 2.71 bits per heavy atom. The number of hydrogen-bond donors (Lipinski definition) is 2. The van der Waals surface area contributed by atoms with Gasteiger partial charge in [-0.05, 0) is 68.0 Å². The third kappa shape index (κ3) is 2.61. The van der Waals surface area contributed by atoms with Crippen LogP contribution in [-0.2, 0) is 12.8 Å². The Morgan fingerprint density at radius 1 is 1.19 bits per heavy atom. The molecule has 3 N–H and O–H groups in total. The van der Waals surface area contributed by atoms with Crippen LogP contribution in [0.5, 0.6) is 11.6 Å². The van der Waals surface area contributed by atoms with E-state index in [1.54, 1.807) is 0 Å². The summed E-state index contributed by atoms with van der Waals surface area (Å²) in [6, 6.07) is 7.87. The summed E-state index contributed by atoms with van der Waals surface area (Å²) in [7, 11) is 0. The number of nitrogen functional groups attached to an aromatic ring is 1. The molecule has 4 nitrogen and oxygen atoms in total. The van der Waals surface area contributed by atoms with Gasteiger partial charge >= 0.3 is 0 Å². The summed E-state index contributed by atoms with van der Waals surface area (Å²) in [5.41, 5.74) is 10.9. The summed E-state index contributed by atoms with van der Waals surface area (Å²) in [5.74, 6) is 1.16. The number of pyridine rings is 1. The molecule has 0 spiro atoms. The second-order valence-electron chi connectivity index (χ2n) is 5.56. The third-order valence-electron chi connectivity index (χ3n) is 4.00. The van der Waals surface area contributed by atoms with E-state index >= 15 is 0 Å². The predicted octanol–water partition coefficient (Wildman–Crippen LogP) is 3.26. The number of amidine groups is 1. The fourth-order valence-corrected chi connectivity index (χ4v) is 2.61. The van der Waals surface area contributed by atoms with Crippen LogP contribution < -0.4 is 10.5 Å². The Kier molecular flexibility index (Phi) is 3.37. The number of aryl methyl sites for hydroxylation is 4. The lowest BCUT2D eigenvalue weighted by atomic mass is 10.1. The number of nitrogens with two attached hydrogens (primary N) is 1. The van der Waals surface area contributed by atoms with Crippen molar-refractivity contribution < 1.29 is 4.74 Å². The first-order chi connectivity index (χ1) is 10.0. The molecule has 108 valence electrons. The van der Waals surface area contributed by atoms with E-state index in [0.717, 1.165) is 36.3 Å². The molecule has 0 bridgehead atoms. The lowest BCUT2D eigenvalue weighted by Crippen LogP contribution is -2.14. The van der Waals surface area contributed by atoms with Gasteiger partial charge in [-0.25, -0.2) is 4.98 Å². The summed E-state index contributed by atoms with van der Waals surface area (Å²) in [6.45, 7) is 4.11. The van der Waals surface area contributed by atoms with Gasteiger partial charge in [0, 0.05) is 5.69 Å². The van der Waals surface area contributed by atoms with Crippen LogP contribution in [0.1, 0.15) is 34.4 Å². The molecule has 0 aliphatic heterocycles. The van der Waals surface area contributed by atoms with Gasteiger partial charge in [-0.15, -0.1) is 0 Å². The molecule has 3 rings (SSSR count). The van der Waals surface area contributed by atoms with Gasteiger partial charge in [-0.3, -0.25) is 5.41 Å². The summed E-state index contributed by atoms with van der Waals surface area (Å²) in [6.07, 6.45) is 3.08. The van der Waals surface area contributed by atoms with Crippen LogP contribution in [0.4, 0.5) is 0 Å². The monoisotopic (exact) mass is 281 g/mol. The zero-order valence-electron chi connectivity index (χ0n) is 12.4. The fourth-order valence-electron chi connectivity index (χ4n) is 2.61. The molecule has 4 heteroatoms. The van der Waals surface area contributed by atoms with Gasteiger partial charge in [-0.2, -0.15) is 0 Å². The number of rotatable bonds is 3. The quantitative estimate of drug-likeness (QED) is 0.670. The number of nitrogens with one attached hydrogen (secondary N) is 1. The van der Waals surface area contributed by atoms with Crippen LogP contribution in [0.25, 0.3) is 0 Å². The first-order valence-corrected chi connectivity index (χ1v) is 7.17. The Hall–Kier alpha value is -2.36. The molecule has 1 heterocycles. The van der Waals surface area contributed by atoms with E-state index in [9.17, 15) is 0 Å². The van der Waals surface area contributed by atoms with E-state index in [0.29, 0.717) is 11.4 Å². The van der Waals surface area contributed by atoms with Crippen LogP contribution in [-0.4, -0.2) is 10.8 Å². The molecule has 1 aliphatic rings. The number of hydrogen-bond acceptors (Lipinski definition) is 3. The lowest BCUT2D eigenvalue weighted by Gasteiger charge is -2.12. The van der Waals surface area contributed by atoms with Crippen LogP contribution in [0, 0.1) is 19.3 Å². The molecule has 0 fully saturated rings. The number of aromatic nitrogens is 1. The molecule has 0 unspecified atom stereocenters. The maximum atomic E-state index is 7.74. The van der Waals surface area contributed by atoms with Crippen molar-refractivity contribution in [3.05, 3.63) is 52.2 Å². The van der Waals surface area contributed by atoms with Crippen LogP contribution >= 0.6 is 0 Å². The fraction of sp³-hybridized carbons (Fsp3) is 0.294. The summed E-state index contributed by atoms with van der Waals surface area (Å²) in [4.78, 5) is 4.58. The average Bonchev–Trinajstić information content (AvgIpc) is 2.89. The normalized spacial score (nSPS) is 13.0. The van der Waals surface area contributed by atoms with E-state index in [2.05, 4.69) is 11.9 Å². The van der Waals surface area contributed by atoms with Crippen molar-refractivity contribution in [2.24, 2.45) is 5.73 Å². The first kappa shape index (κ1) is 13.6. The van der Waals surface area contributed by atoms with E-state index in [1.165, 1.54) is 11.1 Å². The SMILES string of the molecule is Cc1ccc(Oc2nc3c(cc2C(=N)N)CCC3)cc1C. The molecule has 2 aromatic rings. The highest BCUT2D eigenvalue weighted by Crippen LogP contribution is 2.30. The maximum Gasteiger partial charge on any atom is 0.230 e. The molecule has 1 aliphatic carbocycles.